The summed E-state index contributed by atoms with van der Waals surface area (Å²) in [4.78, 5) is 4.85. The summed E-state index contributed by atoms with van der Waals surface area (Å²) < 4.78 is 0. The zero-order valence-electron chi connectivity index (χ0n) is 8.27. The van der Waals surface area contributed by atoms with Gasteiger partial charge in [0, 0.05) is 0 Å². The molecule has 1 aromatic rings. The quantitative estimate of drug-likeness (QED) is 0.551. The van der Waals surface area contributed by atoms with Gasteiger partial charge in [0.15, 0.2) is 0 Å². The molecule has 0 heterocycles. The van der Waals surface area contributed by atoms with Gasteiger partial charge in [0.05, 0.1) is 0 Å². The fourth-order valence-electron chi connectivity index (χ4n) is 0.921. The highest BCUT2D eigenvalue weighted by Crippen LogP contribution is 2.04. The molecule has 0 aliphatic heterocycles. The summed E-state index contributed by atoms with van der Waals surface area (Å²) in [6.07, 6.45) is 0. The summed E-state index contributed by atoms with van der Waals surface area (Å²) in [6, 6.07) is 10.9. The van der Waals surface area contributed by atoms with Crippen molar-refractivity contribution in [2.75, 3.05) is 0 Å². The second-order valence-corrected chi connectivity index (χ2v) is 2.92. The second-order valence-electron chi connectivity index (χ2n) is 2.92. The molecule has 4 heteroatoms. The fraction of sp³-hybridized carbons (Fsp3) is 0.182. The van der Waals surface area contributed by atoms with Crippen molar-refractivity contribution in [1.29, 1.82) is 10.5 Å². The second kappa shape index (κ2) is 5.41. The molecule has 15 heavy (non-hydrogen) atoms. The summed E-state index contributed by atoms with van der Waals surface area (Å²) in [5.74, 6) is 0. The number of rotatable bonds is 3. The maximum Gasteiger partial charge on any atom is 0.256 e. The van der Waals surface area contributed by atoms with Crippen molar-refractivity contribution in [3.8, 4) is 12.1 Å². The highest BCUT2D eigenvalue weighted by atomic mass is 16.6. The molecule has 1 rings (SSSR count). The molecule has 4 nitrogen and oxygen atoms in total. The molecule has 0 saturated carbocycles. The van der Waals surface area contributed by atoms with Gasteiger partial charge < -0.3 is 4.84 Å². The van der Waals surface area contributed by atoms with Gasteiger partial charge in [-0.05, 0) is 12.5 Å². The molecule has 0 aliphatic rings. The smallest absolute Gasteiger partial charge is 0.256 e. The van der Waals surface area contributed by atoms with Gasteiger partial charge in [0.1, 0.15) is 18.7 Å². The number of nitriles is 2. The number of hydrogen-bond acceptors (Lipinski definition) is 4. The van der Waals surface area contributed by atoms with E-state index in [1.807, 2.05) is 31.2 Å². The van der Waals surface area contributed by atoms with Crippen molar-refractivity contribution < 1.29 is 4.84 Å². The maximum atomic E-state index is 8.38. The first kappa shape index (κ1) is 10.7. The summed E-state index contributed by atoms with van der Waals surface area (Å²) in [5.41, 5.74) is 1.83. The number of benzene rings is 1. The lowest BCUT2D eigenvalue weighted by molar-refractivity contribution is 0.131. The largest absolute Gasteiger partial charge is 0.389 e. The first-order chi connectivity index (χ1) is 7.26. The van der Waals surface area contributed by atoms with E-state index in [0.717, 1.165) is 11.1 Å². The third-order valence-electron chi connectivity index (χ3n) is 1.72. The molecule has 0 aromatic heterocycles. The van der Waals surface area contributed by atoms with E-state index in [-0.39, 0.29) is 12.3 Å². The Kier molecular flexibility index (Phi) is 3.88. The average molecular weight is 199 g/mol. The van der Waals surface area contributed by atoms with Crippen LogP contribution >= 0.6 is 0 Å². The fourth-order valence-corrected chi connectivity index (χ4v) is 0.921. The van der Waals surface area contributed by atoms with Crippen LogP contribution in [0.3, 0.4) is 0 Å². The Bertz CT molecular complexity index is 418. The summed E-state index contributed by atoms with van der Waals surface area (Å²) in [7, 11) is 0. The predicted molar refractivity (Wildman–Crippen MR) is 54.6 cm³/mol. The molecule has 0 bridgehead atoms. The standard InChI is InChI=1S/C11H9N3O/c1-9-2-4-10(5-3-9)8-15-14-11(6-12)7-13/h2-5H,8H2,1H3. The Morgan fingerprint density at radius 1 is 1.27 bits per heavy atom. The lowest BCUT2D eigenvalue weighted by Gasteiger charge is -1.99. The number of nitrogens with zero attached hydrogens (tertiary/aromatic N) is 3. The SMILES string of the molecule is Cc1ccc(CON=C(C#N)C#N)cc1. The van der Waals surface area contributed by atoms with Crippen molar-refractivity contribution in [3.63, 3.8) is 0 Å². The van der Waals surface area contributed by atoms with Crippen LogP contribution in [0, 0.1) is 29.6 Å². The minimum Gasteiger partial charge on any atom is -0.389 e. The van der Waals surface area contributed by atoms with Gasteiger partial charge in [-0.1, -0.05) is 35.0 Å². The Morgan fingerprint density at radius 2 is 1.87 bits per heavy atom. The number of hydrogen-bond donors (Lipinski definition) is 0. The van der Waals surface area contributed by atoms with Crippen LogP contribution in [0.1, 0.15) is 11.1 Å². The van der Waals surface area contributed by atoms with E-state index in [0.29, 0.717) is 0 Å². The van der Waals surface area contributed by atoms with E-state index in [4.69, 9.17) is 15.4 Å². The lowest BCUT2D eigenvalue weighted by Crippen LogP contribution is -1.92. The van der Waals surface area contributed by atoms with Crippen molar-refractivity contribution in [2.45, 2.75) is 13.5 Å². The highest BCUT2D eigenvalue weighted by molar-refractivity contribution is 6.09. The number of oxime groups is 1. The topological polar surface area (TPSA) is 69.2 Å². The zero-order chi connectivity index (χ0) is 11.1. The van der Waals surface area contributed by atoms with Crippen LogP contribution in [-0.4, -0.2) is 5.71 Å². The minimum atomic E-state index is -0.276. The van der Waals surface area contributed by atoms with Gasteiger partial charge in [-0.15, -0.1) is 0 Å². The van der Waals surface area contributed by atoms with Crippen LogP contribution < -0.4 is 0 Å². The van der Waals surface area contributed by atoms with Gasteiger partial charge >= 0.3 is 0 Å². The van der Waals surface area contributed by atoms with Crippen LogP contribution in [0.2, 0.25) is 0 Å². The molecule has 0 fully saturated rings. The first-order valence-electron chi connectivity index (χ1n) is 4.32. The van der Waals surface area contributed by atoms with E-state index in [9.17, 15) is 0 Å². The maximum absolute atomic E-state index is 8.38. The molecule has 1 aromatic carbocycles. The van der Waals surface area contributed by atoms with Gasteiger partial charge in [-0.2, -0.15) is 10.5 Å². The Balaban J connectivity index is 2.53. The van der Waals surface area contributed by atoms with E-state index >= 15 is 0 Å². The van der Waals surface area contributed by atoms with E-state index in [2.05, 4.69) is 5.16 Å². The molecular formula is C11H9N3O. The van der Waals surface area contributed by atoms with Gasteiger partial charge in [-0.3, -0.25) is 0 Å². The molecule has 0 radical (unpaired) electrons. The average Bonchev–Trinajstić information content (AvgIpc) is 2.27. The molecule has 0 saturated heterocycles. The highest BCUT2D eigenvalue weighted by Gasteiger charge is 1.95. The Labute approximate surface area is 88.0 Å². The van der Waals surface area contributed by atoms with Crippen LogP contribution in [0.4, 0.5) is 0 Å². The molecule has 0 N–H and O–H groups in total. The Hall–Kier alpha value is -2.33. The first-order valence-corrected chi connectivity index (χ1v) is 4.32. The van der Waals surface area contributed by atoms with Crippen molar-refractivity contribution in [1.82, 2.24) is 0 Å². The van der Waals surface area contributed by atoms with Crippen LogP contribution in [0.15, 0.2) is 29.4 Å². The van der Waals surface area contributed by atoms with Crippen LogP contribution in [-0.2, 0) is 11.4 Å². The zero-order valence-corrected chi connectivity index (χ0v) is 8.27. The third-order valence-corrected chi connectivity index (χ3v) is 1.72. The predicted octanol–water partition coefficient (Wildman–Crippen LogP) is 1.91. The molecule has 0 unspecified atom stereocenters. The third kappa shape index (κ3) is 3.50. The van der Waals surface area contributed by atoms with Crippen molar-refractivity contribution in [2.24, 2.45) is 5.16 Å². The molecule has 0 spiro atoms. The molecular weight excluding hydrogens is 190 g/mol. The number of aryl methyl sites for hydroxylation is 1. The Morgan fingerprint density at radius 3 is 2.40 bits per heavy atom. The summed E-state index contributed by atoms with van der Waals surface area (Å²) in [6.45, 7) is 2.25. The van der Waals surface area contributed by atoms with Gasteiger partial charge in [0.25, 0.3) is 5.71 Å². The molecule has 0 atom stereocenters. The van der Waals surface area contributed by atoms with Crippen LogP contribution in [0.25, 0.3) is 0 Å². The van der Waals surface area contributed by atoms with Gasteiger partial charge in [0.2, 0.25) is 0 Å². The van der Waals surface area contributed by atoms with Gasteiger partial charge in [-0.25, -0.2) is 0 Å². The lowest BCUT2D eigenvalue weighted by atomic mass is 10.2. The molecule has 0 aliphatic carbocycles. The molecule has 0 amide bonds. The summed E-state index contributed by atoms with van der Waals surface area (Å²) in [5, 5.41) is 20.1. The normalized spacial score (nSPS) is 8.47. The van der Waals surface area contributed by atoms with Crippen LogP contribution in [0.5, 0.6) is 0 Å². The summed E-state index contributed by atoms with van der Waals surface area (Å²) >= 11 is 0. The van der Waals surface area contributed by atoms with E-state index < -0.39 is 0 Å². The molecule has 74 valence electrons. The monoisotopic (exact) mass is 199 g/mol. The van der Waals surface area contributed by atoms with Crippen molar-refractivity contribution >= 4 is 5.71 Å². The van der Waals surface area contributed by atoms with Crippen molar-refractivity contribution in [3.05, 3.63) is 35.4 Å². The van der Waals surface area contributed by atoms with E-state index in [1.54, 1.807) is 12.1 Å². The van der Waals surface area contributed by atoms with E-state index in [1.165, 1.54) is 0 Å². The minimum absolute atomic E-state index is 0.257.